The molecular formula is C24H21NO5. The van der Waals surface area contributed by atoms with Crippen LogP contribution in [0.1, 0.15) is 33.0 Å². The first-order valence-corrected chi connectivity index (χ1v) is 9.53. The summed E-state index contributed by atoms with van der Waals surface area (Å²) in [6.45, 7) is 1.89. The van der Waals surface area contributed by atoms with Crippen molar-refractivity contribution in [2.45, 2.75) is 12.8 Å². The van der Waals surface area contributed by atoms with Crippen molar-refractivity contribution in [2.24, 2.45) is 0 Å². The van der Waals surface area contributed by atoms with E-state index < -0.39 is 12.1 Å². The van der Waals surface area contributed by atoms with Crippen LogP contribution in [-0.4, -0.2) is 30.9 Å². The number of hydrogen-bond donors (Lipinski definition) is 2. The minimum atomic E-state index is -1.16. The normalized spacial score (nSPS) is 12.1. The molecule has 1 aliphatic rings. The first-order chi connectivity index (χ1) is 14.5. The van der Waals surface area contributed by atoms with Gasteiger partial charge in [-0.25, -0.2) is 9.59 Å². The first kappa shape index (κ1) is 19.5. The van der Waals surface area contributed by atoms with Crippen LogP contribution in [0.25, 0.3) is 11.1 Å². The van der Waals surface area contributed by atoms with Gasteiger partial charge in [0.15, 0.2) is 0 Å². The number of carbonyl (C=O) groups excluding carboxylic acids is 1. The lowest BCUT2D eigenvalue weighted by Gasteiger charge is -2.17. The molecule has 0 aromatic heterocycles. The van der Waals surface area contributed by atoms with Crippen LogP contribution in [0.3, 0.4) is 0 Å². The predicted octanol–water partition coefficient (Wildman–Crippen LogP) is 5.06. The van der Waals surface area contributed by atoms with Crippen LogP contribution in [0.4, 0.5) is 10.5 Å². The van der Waals surface area contributed by atoms with Crippen LogP contribution >= 0.6 is 0 Å². The second-order valence-electron chi connectivity index (χ2n) is 7.15. The Morgan fingerprint density at radius 1 is 1.00 bits per heavy atom. The fourth-order valence-corrected chi connectivity index (χ4v) is 3.95. The number of fused-ring (bicyclic) bond motifs is 3. The van der Waals surface area contributed by atoms with Crippen molar-refractivity contribution in [1.82, 2.24) is 0 Å². The quantitative estimate of drug-likeness (QED) is 0.622. The molecule has 0 saturated heterocycles. The third-order valence-corrected chi connectivity index (χ3v) is 5.27. The molecule has 4 rings (SSSR count). The van der Waals surface area contributed by atoms with Gasteiger partial charge in [-0.1, -0.05) is 48.5 Å². The Bertz CT molecular complexity index is 1090. The fraction of sp³-hybridized carbons (Fsp3) is 0.167. The highest BCUT2D eigenvalue weighted by atomic mass is 16.5. The molecule has 3 aromatic rings. The van der Waals surface area contributed by atoms with Crippen molar-refractivity contribution in [3.63, 3.8) is 0 Å². The maximum absolute atomic E-state index is 12.5. The topological polar surface area (TPSA) is 84.9 Å². The Morgan fingerprint density at radius 3 is 2.17 bits per heavy atom. The second-order valence-corrected chi connectivity index (χ2v) is 7.15. The molecule has 0 unspecified atom stereocenters. The highest BCUT2D eigenvalue weighted by Crippen LogP contribution is 2.44. The van der Waals surface area contributed by atoms with Gasteiger partial charge in [0.25, 0.3) is 0 Å². The van der Waals surface area contributed by atoms with Crippen LogP contribution < -0.4 is 10.1 Å². The fourth-order valence-electron chi connectivity index (χ4n) is 3.95. The van der Waals surface area contributed by atoms with Crippen LogP contribution in [0, 0.1) is 6.92 Å². The molecule has 1 aliphatic carbocycles. The van der Waals surface area contributed by atoms with Crippen LogP contribution in [-0.2, 0) is 4.74 Å². The van der Waals surface area contributed by atoms with Crippen molar-refractivity contribution in [1.29, 1.82) is 0 Å². The lowest BCUT2D eigenvalue weighted by atomic mass is 9.98. The Kier molecular flexibility index (Phi) is 5.14. The number of rotatable bonds is 5. The summed E-state index contributed by atoms with van der Waals surface area (Å²) in [5, 5.41) is 12.0. The van der Waals surface area contributed by atoms with E-state index in [4.69, 9.17) is 9.47 Å². The number of carboxylic acid groups (broad SMARTS) is 1. The first-order valence-electron chi connectivity index (χ1n) is 9.53. The number of amides is 1. The number of carboxylic acids is 1. The monoisotopic (exact) mass is 403 g/mol. The predicted molar refractivity (Wildman–Crippen MR) is 113 cm³/mol. The summed E-state index contributed by atoms with van der Waals surface area (Å²) in [6, 6.07) is 19.2. The van der Waals surface area contributed by atoms with Crippen LogP contribution in [0.15, 0.2) is 60.7 Å². The van der Waals surface area contributed by atoms with Gasteiger partial charge in [-0.15, -0.1) is 0 Å². The van der Waals surface area contributed by atoms with E-state index in [0.29, 0.717) is 5.56 Å². The standard InChI is InChI=1S/C24H21NO5/c1-14-11-19(23(26)27)22(21(12-14)29-2)25-24(28)30-13-20-17-9-5-3-7-15(17)16-8-4-6-10-18(16)20/h3-12,20H,13H2,1-2H3,(H,25,28)(H,26,27). The summed E-state index contributed by atoms with van der Waals surface area (Å²) in [5.41, 5.74) is 5.21. The average molecular weight is 403 g/mol. The highest BCUT2D eigenvalue weighted by molar-refractivity contribution is 6.01. The smallest absolute Gasteiger partial charge is 0.411 e. The molecule has 2 N–H and O–H groups in total. The summed E-state index contributed by atoms with van der Waals surface area (Å²) in [5.74, 6) is -0.978. The number of carbonyl (C=O) groups is 2. The minimum absolute atomic E-state index is 0.0552. The van der Waals surface area contributed by atoms with Crippen molar-refractivity contribution < 1.29 is 24.2 Å². The zero-order chi connectivity index (χ0) is 21.3. The molecule has 1 amide bonds. The summed E-state index contributed by atoms with van der Waals surface area (Å²) >= 11 is 0. The van der Waals surface area contributed by atoms with Gasteiger partial charge in [0.1, 0.15) is 18.0 Å². The minimum Gasteiger partial charge on any atom is -0.495 e. The SMILES string of the molecule is COc1cc(C)cc(C(=O)O)c1NC(=O)OCC1c2ccccc2-c2ccccc21. The van der Waals surface area contributed by atoms with Gasteiger partial charge in [0, 0.05) is 5.92 Å². The molecule has 0 radical (unpaired) electrons. The highest BCUT2D eigenvalue weighted by Gasteiger charge is 2.29. The molecule has 30 heavy (non-hydrogen) atoms. The van der Waals surface area contributed by atoms with E-state index in [-0.39, 0.29) is 29.5 Å². The van der Waals surface area contributed by atoms with Gasteiger partial charge in [-0.05, 0) is 46.9 Å². The summed E-state index contributed by atoms with van der Waals surface area (Å²) in [6.07, 6.45) is -0.735. The zero-order valence-electron chi connectivity index (χ0n) is 16.6. The van der Waals surface area contributed by atoms with Gasteiger partial charge >= 0.3 is 12.1 Å². The molecule has 152 valence electrons. The molecule has 6 nitrogen and oxygen atoms in total. The van der Waals surface area contributed by atoms with Gasteiger partial charge in [-0.3, -0.25) is 5.32 Å². The van der Waals surface area contributed by atoms with E-state index >= 15 is 0 Å². The zero-order valence-corrected chi connectivity index (χ0v) is 16.6. The van der Waals surface area contributed by atoms with Gasteiger partial charge in [0.05, 0.1) is 12.7 Å². The number of hydrogen-bond acceptors (Lipinski definition) is 4. The van der Waals surface area contributed by atoms with Crippen molar-refractivity contribution >= 4 is 17.7 Å². The largest absolute Gasteiger partial charge is 0.495 e. The van der Waals surface area contributed by atoms with E-state index in [1.54, 1.807) is 13.0 Å². The van der Waals surface area contributed by atoms with Crippen molar-refractivity contribution in [3.8, 4) is 16.9 Å². The molecule has 6 heteroatoms. The number of aryl methyl sites for hydroxylation is 1. The lowest BCUT2D eigenvalue weighted by molar-refractivity contribution is 0.0697. The van der Waals surface area contributed by atoms with E-state index in [9.17, 15) is 14.7 Å². The number of nitrogens with one attached hydrogen (secondary N) is 1. The maximum Gasteiger partial charge on any atom is 0.411 e. The van der Waals surface area contributed by atoms with Gasteiger partial charge in [0.2, 0.25) is 0 Å². The van der Waals surface area contributed by atoms with E-state index in [1.165, 1.54) is 13.2 Å². The van der Waals surface area contributed by atoms with Gasteiger partial charge < -0.3 is 14.6 Å². The molecule has 0 saturated carbocycles. The maximum atomic E-state index is 12.5. The van der Waals surface area contributed by atoms with E-state index in [0.717, 1.165) is 22.3 Å². The second kappa shape index (κ2) is 7.91. The molecule has 0 heterocycles. The Labute approximate surface area is 174 Å². The van der Waals surface area contributed by atoms with Gasteiger partial charge in [-0.2, -0.15) is 0 Å². The number of ether oxygens (including phenoxy) is 2. The molecule has 0 spiro atoms. The molecule has 0 bridgehead atoms. The van der Waals surface area contributed by atoms with Crippen molar-refractivity contribution in [2.75, 3.05) is 19.0 Å². The number of aromatic carboxylic acids is 1. The summed E-state index contributed by atoms with van der Waals surface area (Å²) in [7, 11) is 1.42. The Morgan fingerprint density at radius 2 is 1.60 bits per heavy atom. The lowest BCUT2D eigenvalue weighted by Crippen LogP contribution is -2.20. The third kappa shape index (κ3) is 3.48. The average Bonchev–Trinajstić information content (AvgIpc) is 3.07. The third-order valence-electron chi connectivity index (χ3n) is 5.27. The summed E-state index contributed by atoms with van der Waals surface area (Å²) < 4.78 is 10.8. The Hall–Kier alpha value is -3.80. The van der Waals surface area contributed by atoms with Crippen LogP contribution in [0.5, 0.6) is 5.75 Å². The van der Waals surface area contributed by atoms with E-state index in [2.05, 4.69) is 17.4 Å². The molecule has 3 aromatic carbocycles. The van der Waals surface area contributed by atoms with Crippen LogP contribution in [0.2, 0.25) is 0 Å². The number of methoxy groups -OCH3 is 1. The number of benzene rings is 3. The Balaban J connectivity index is 1.55. The van der Waals surface area contributed by atoms with E-state index in [1.807, 2.05) is 36.4 Å². The molecule has 0 atom stereocenters. The molecular weight excluding hydrogens is 382 g/mol. The summed E-state index contributed by atoms with van der Waals surface area (Å²) in [4.78, 5) is 24.2. The molecule has 0 fully saturated rings. The van der Waals surface area contributed by atoms with Crippen molar-refractivity contribution in [3.05, 3.63) is 82.9 Å². The molecule has 0 aliphatic heterocycles. The number of anilines is 1.